The van der Waals surface area contributed by atoms with Crippen molar-refractivity contribution in [3.8, 4) is 5.88 Å². The van der Waals surface area contributed by atoms with E-state index in [1.165, 1.54) is 0 Å². The highest BCUT2D eigenvalue weighted by atomic mass is 16.5. The predicted molar refractivity (Wildman–Crippen MR) is 80.8 cm³/mol. The van der Waals surface area contributed by atoms with E-state index < -0.39 is 0 Å². The van der Waals surface area contributed by atoms with Crippen LogP contribution in [0.2, 0.25) is 0 Å². The zero-order valence-electron chi connectivity index (χ0n) is 12.1. The topological polar surface area (TPSA) is 90.0 Å². The first-order valence-electron chi connectivity index (χ1n) is 6.74. The summed E-state index contributed by atoms with van der Waals surface area (Å²) in [7, 11) is 0. The summed E-state index contributed by atoms with van der Waals surface area (Å²) in [6, 6.07) is 9.11. The summed E-state index contributed by atoms with van der Waals surface area (Å²) in [6.45, 7) is 4.79. The second-order valence-electron chi connectivity index (χ2n) is 4.78. The molecule has 0 fully saturated rings. The normalized spacial score (nSPS) is 12.0. The van der Waals surface area contributed by atoms with Crippen LogP contribution in [-0.2, 0) is 4.74 Å². The highest BCUT2D eigenvalue weighted by molar-refractivity contribution is 6.08. The number of nitrogens with two attached hydrogens (primary N) is 1. The Labute approximate surface area is 123 Å². The lowest BCUT2D eigenvalue weighted by atomic mass is 10.1. The van der Waals surface area contributed by atoms with Crippen molar-refractivity contribution in [3.63, 3.8) is 0 Å². The number of aromatic nitrogens is 1. The molecule has 1 aromatic heterocycles. The lowest BCUT2D eigenvalue weighted by Crippen LogP contribution is -2.15. The van der Waals surface area contributed by atoms with Gasteiger partial charge in [-0.3, -0.25) is 0 Å². The Balaban J connectivity index is 2.25. The van der Waals surface area contributed by atoms with Gasteiger partial charge < -0.3 is 20.4 Å². The van der Waals surface area contributed by atoms with E-state index in [1.807, 2.05) is 38.1 Å². The molecule has 0 saturated carbocycles. The molecule has 6 nitrogen and oxygen atoms in total. The SMILES string of the molecule is CC(C)OCCOc1cc(C(N)=NO)c2ccccc2n1. The van der Waals surface area contributed by atoms with Crippen LogP contribution in [0.5, 0.6) is 5.88 Å². The van der Waals surface area contributed by atoms with Crippen LogP contribution < -0.4 is 10.5 Å². The molecule has 0 unspecified atom stereocenters. The molecule has 0 aliphatic rings. The van der Waals surface area contributed by atoms with Crippen molar-refractivity contribution in [2.24, 2.45) is 10.9 Å². The Bertz CT molecular complexity index is 641. The lowest BCUT2D eigenvalue weighted by molar-refractivity contribution is 0.0543. The number of fused-ring (bicyclic) bond motifs is 1. The maximum atomic E-state index is 8.90. The van der Waals surface area contributed by atoms with Crippen molar-refractivity contribution < 1.29 is 14.7 Å². The maximum Gasteiger partial charge on any atom is 0.214 e. The quantitative estimate of drug-likeness (QED) is 0.279. The number of nitrogens with zero attached hydrogens (tertiary/aromatic N) is 2. The third-order valence-corrected chi connectivity index (χ3v) is 2.86. The number of oxime groups is 1. The average Bonchev–Trinajstić information content (AvgIpc) is 2.49. The molecule has 6 heteroatoms. The van der Waals surface area contributed by atoms with Crippen molar-refractivity contribution in [2.45, 2.75) is 20.0 Å². The van der Waals surface area contributed by atoms with Gasteiger partial charge in [0.25, 0.3) is 0 Å². The Hall–Kier alpha value is -2.34. The molecule has 0 radical (unpaired) electrons. The summed E-state index contributed by atoms with van der Waals surface area (Å²) in [5.74, 6) is 0.444. The molecule has 0 aliphatic heterocycles. The van der Waals surface area contributed by atoms with Gasteiger partial charge in [-0.1, -0.05) is 23.4 Å². The van der Waals surface area contributed by atoms with Crippen LogP contribution >= 0.6 is 0 Å². The number of pyridine rings is 1. The van der Waals surface area contributed by atoms with Gasteiger partial charge in [-0.2, -0.15) is 0 Å². The minimum absolute atomic E-state index is 0.0249. The standard InChI is InChI=1S/C15H19N3O3/c1-10(2)20-7-8-21-14-9-12(15(16)18-19)11-5-3-4-6-13(11)17-14/h3-6,9-10,19H,7-8H2,1-2H3,(H2,16,18). The first kappa shape index (κ1) is 15.1. The molecule has 3 N–H and O–H groups in total. The third-order valence-electron chi connectivity index (χ3n) is 2.86. The van der Waals surface area contributed by atoms with Crippen molar-refractivity contribution in [1.29, 1.82) is 0 Å². The van der Waals surface area contributed by atoms with Gasteiger partial charge in [0.2, 0.25) is 5.88 Å². The average molecular weight is 289 g/mol. The molecule has 1 heterocycles. The van der Waals surface area contributed by atoms with Gasteiger partial charge in [-0.15, -0.1) is 0 Å². The molecule has 2 rings (SSSR count). The van der Waals surface area contributed by atoms with Crippen LogP contribution in [0.15, 0.2) is 35.5 Å². The van der Waals surface area contributed by atoms with E-state index in [0.717, 1.165) is 10.9 Å². The smallest absolute Gasteiger partial charge is 0.214 e. The molecule has 2 aromatic rings. The van der Waals surface area contributed by atoms with Gasteiger partial charge in [0.15, 0.2) is 5.84 Å². The Morgan fingerprint density at radius 1 is 1.33 bits per heavy atom. The van der Waals surface area contributed by atoms with Crippen LogP contribution in [0, 0.1) is 0 Å². The summed E-state index contributed by atoms with van der Waals surface area (Å²) >= 11 is 0. The number of amidine groups is 1. The number of hydrogen-bond donors (Lipinski definition) is 2. The largest absolute Gasteiger partial charge is 0.475 e. The highest BCUT2D eigenvalue weighted by Gasteiger charge is 2.10. The van der Waals surface area contributed by atoms with Crippen molar-refractivity contribution in [3.05, 3.63) is 35.9 Å². The van der Waals surface area contributed by atoms with Crippen LogP contribution in [0.1, 0.15) is 19.4 Å². The minimum Gasteiger partial charge on any atom is -0.475 e. The van der Waals surface area contributed by atoms with Crippen LogP contribution in [0.3, 0.4) is 0 Å². The summed E-state index contributed by atoms with van der Waals surface area (Å²) in [6.07, 6.45) is 0.158. The number of hydrogen-bond acceptors (Lipinski definition) is 5. The summed E-state index contributed by atoms with van der Waals surface area (Å²) in [4.78, 5) is 4.40. The number of ether oxygens (including phenoxy) is 2. The summed E-state index contributed by atoms with van der Waals surface area (Å²) < 4.78 is 11.0. The summed E-state index contributed by atoms with van der Waals surface area (Å²) in [5, 5.41) is 12.8. The number of benzene rings is 1. The number of para-hydroxylation sites is 1. The van der Waals surface area contributed by atoms with Gasteiger partial charge >= 0.3 is 0 Å². The van der Waals surface area contributed by atoms with Crippen molar-refractivity contribution in [1.82, 2.24) is 4.98 Å². The van der Waals surface area contributed by atoms with Crippen LogP contribution in [0.25, 0.3) is 10.9 Å². The molecule has 0 bridgehead atoms. The van der Waals surface area contributed by atoms with Crippen molar-refractivity contribution in [2.75, 3.05) is 13.2 Å². The highest BCUT2D eigenvalue weighted by Crippen LogP contribution is 2.21. The van der Waals surface area contributed by atoms with E-state index in [0.29, 0.717) is 24.7 Å². The fourth-order valence-electron chi connectivity index (χ4n) is 1.92. The predicted octanol–water partition coefficient (Wildman–Crippen LogP) is 2.13. The molecule has 21 heavy (non-hydrogen) atoms. The second kappa shape index (κ2) is 6.90. The van der Waals surface area contributed by atoms with Crippen LogP contribution in [-0.4, -0.2) is 35.3 Å². The Morgan fingerprint density at radius 2 is 2.10 bits per heavy atom. The third kappa shape index (κ3) is 3.82. The lowest BCUT2D eigenvalue weighted by Gasteiger charge is -2.11. The summed E-state index contributed by atoms with van der Waals surface area (Å²) in [5.41, 5.74) is 7.03. The van der Waals surface area contributed by atoms with Gasteiger partial charge in [-0.25, -0.2) is 4.98 Å². The second-order valence-corrected chi connectivity index (χ2v) is 4.78. The van der Waals surface area contributed by atoms with Gasteiger partial charge in [0.1, 0.15) is 6.61 Å². The first-order valence-corrected chi connectivity index (χ1v) is 6.74. The monoisotopic (exact) mass is 289 g/mol. The molecule has 0 atom stereocenters. The molecular formula is C15H19N3O3. The van der Waals surface area contributed by atoms with E-state index in [-0.39, 0.29) is 11.9 Å². The van der Waals surface area contributed by atoms with Crippen molar-refractivity contribution >= 4 is 16.7 Å². The zero-order chi connectivity index (χ0) is 15.2. The molecule has 0 aliphatic carbocycles. The van der Waals surface area contributed by atoms with E-state index in [9.17, 15) is 0 Å². The number of rotatable bonds is 6. The fraction of sp³-hybridized carbons (Fsp3) is 0.333. The van der Waals surface area contributed by atoms with Gasteiger partial charge in [0, 0.05) is 17.0 Å². The van der Waals surface area contributed by atoms with E-state index in [2.05, 4.69) is 10.1 Å². The molecule has 112 valence electrons. The van der Waals surface area contributed by atoms with E-state index >= 15 is 0 Å². The minimum atomic E-state index is 0.0249. The maximum absolute atomic E-state index is 8.90. The molecule has 0 saturated heterocycles. The van der Waals surface area contributed by atoms with E-state index in [4.69, 9.17) is 20.4 Å². The zero-order valence-corrected chi connectivity index (χ0v) is 12.1. The van der Waals surface area contributed by atoms with Crippen LogP contribution in [0.4, 0.5) is 0 Å². The Kier molecular flexibility index (Phi) is 4.94. The van der Waals surface area contributed by atoms with Gasteiger partial charge in [-0.05, 0) is 19.9 Å². The molecule has 0 amide bonds. The first-order chi connectivity index (χ1) is 10.1. The molecule has 1 aromatic carbocycles. The fourth-order valence-corrected chi connectivity index (χ4v) is 1.92. The van der Waals surface area contributed by atoms with Gasteiger partial charge in [0.05, 0.1) is 18.2 Å². The Morgan fingerprint density at radius 3 is 2.81 bits per heavy atom. The van der Waals surface area contributed by atoms with E-state index in [1.54, 1.807) is 6.07 Å². The molecular weight excluding hydrogens is 270 g/mol. The molecule has 0 spiro atoms.